The molecule has 2 aromatic rings. The summed E-state index contributed by atoms with van der Waals surface area (Å²) in [5, 5.41) is 8.89. The van der Waals surface area contributed by atoms with Gasteiger partial charge in [-0.15, -0.1) is 10.2 Å². The SMILES string of the molecule is Cc1nnc2c(C(C)(C)C)ccc(Cl)n12. The van der Waals surface area contributed by atoms with Crippen molar-refractivity contribution in [2.24, 2.45) is 0 Å². The maximum Gasteiger partial charge on any atom is 0.165 e. The van der Waals surface area contributed by atoms with Crippen molar-refractivity contribution in [2.45, 2.75) is 33.1 Å². The van der Waals surface area contributed by atoms with Crippen LogP contribution in [0.3, 0.4) is 0 Å². The van der Waals surface area contributed by atoms with Gasteiger partial charge in [0.05, 0.1) is 0 Å². The number of rotatable bonds is 0. The second-order valence-corrected chi connectivity index (χ2v) is 5.11. The van der Waals surface area contributed by atoms with Crippen LogP contribution in [0.1, 0.15) is 32.2 Å². The average molecular weight is 224 g/mol. The van der Waals surface area contributed by atoms with E-state index in [2.05, 4.69) is 31.0 Å². The van der Waals surface area contributed by atoms with Crippen LogP contribution < -0.4 is 0 Å². The Kier molecular flexibility index (Phi) is 2.23. The minimum absolute atomic E-state index is 0.0469. The Morgan fingerprint density at radius 3 is 2.47 bits per heavy atom. The fraction of sp³-hybridized carbons (Fsp3) is 0.455. The number of hydrogen-bond donors (Lipinski definition) is 0. The predicted octanol–water partition coefficient (Wildman–Crippen LogP) is 2.99. The van der Waals surface area contributed by atoms with Gasteiger partial charge >= 0.3 is 0 Å². The molecule has 80 valence electrons. The second kappa shape index (κ2) is 3.20. The molecule has 2 heterocycles. The molecule has 0 radical (unpaired) electrons. The molecule has 0 fully saturated rings. The van der Waals surface area contributed by atoms with E-state index >= 15 is 0 Å². The van der Waals surface area contributed by atoms with Gasteiger partial charge in [-0.05, 0) is 18.4 Å². The molecule has 0 amide bonds. The van der Waals surface area contributed by atoms with Crippen LogP contribution in [0.5, 0.6) is 0 Å². The fourth-order valence-corrected chi connectivity index (χ4v) is 1.94. The first kappa shape index (κ1) is 10.4. The molecule has 0 aliphatic heterocycles. The molecule has 0 atom stereocenters. The lowest BCUT2D eigenvalue weighted by molar-refractivity contribution is 0.591. The van der Waals surface area contributed by atoms with Gasteiger partial charge in [0.25, 0.3) is 0 Å². The summed E-state index contributed by atoms with van der Waals surface area (Å²) in [5.74, 6) is 0.820. The number of nitrogens with zero attached hydrogens (tertiary/aromatic N) is 3. The van der Waals surface area contributed by atoms with E-state index in [-0.39, 0.29) is 5.41 Å². The molecule has 4 heteroatoms. The molecule has 2 rings (SSSR count). The maximum atomic E-state index is 6.11. The van der Waals surface area contributed by atoms with E-state index in [4.69, 9.17) is 11.6 Å². The lowest BCUT2D eigenvalue weighted by Crippen LogP contribution is -2.13. The van der Waals surface area contributed by atoms with E-state index in [1.165, 1.54) is 0 Å². The Bertz CT molecular complexity index is 508. The molecule has 0 aliphatic rings. The highest BCUT2D eigenvalue weighted by molar-refractivity contribution is 6.29. The number of halogens is 1. The molecular formula is C11H14ClN3. The summed E-state index contributed by atoms with van der Waals surface area (Å²) >= 11 is 6.11. The van der Waals surface area contributed by atoms with E-state index in [1.807, 2.05) is 23.5 Å². The van der Waals surface area contributed by atoms with E-state index in [0.29, 0.717) is 5.15 Å². The second-order valence-electron chi connectivity index (χ2n) is 4.73. The quantitative estimate of drug-likeness (QED) is 0.643. The summed E-state index contributed by atoms with van der Waals surface area (Å²) < 4.78 is 1.88. The Morgan fingerprint density at radius 2 is 1.87 bits per heavy atom. The topological polar surface area (TPSA) is 30.2 Å². The van der Waals surface area contributed by atoms with Crippen molar-refractivity contribution in [3.63, 3.8) is 0 Å². The number of aromatic nitrogens is 3. The number of fused-ring (bicyclic) bond motifs is 1. The van der Waals surface area contributed by atoms with Gasteiger partial charge in [-0.2, -0.15) is 0 Å². The van der Waals surface area contributed by atoms with Gasteiger partial charge in [0.15, 0.2) is 5.65 Å². The van der Waals surface area contributed by atoms with Crippen LogP contribution in [-0.4, -0.2) is 14.6 Å². The maximum absolute atomic E-state index is 6.11. The third-order valence-corrected chi connectivity index (χ3v) is 2.77. The molecule has 3 nitrogen and oxygen atoms in total. The van der Waals surface area contributed by atoms with Gasteiger partial charge in [0.2, 0.25) is 0 Å². The third kappa shape index (κ3) is 1.61. The summed E-state index contributed by atoms with van der Waals surface area (Å²) in [7, 11) is 0. The number of aryl methyl sites for hydroxylation is 1. The highest BCUT2D eigenvalue weighted by atomic mass is 35.5. The Labute approximate surface area is 94.1 Å². The normalized spacial score (nSPS) is 12.3. The zero-order valence-electron chi connectivity index (χ0n) is 9.37. The lowest BCUT2D eigenvalue weighted by Gasteiger charge is -2.19. The first-order valence-corrected chi connectivity index (χ1v) is 5.30. The van der Waals surface area contributed by atoms with E-state index in [0.717, 1.165) is 17.0 Å². The lowest BCUT2D eigenvalue weighted by atomic mass is 9.88. The first-order chi connectivity index (χ1) is 6.91. The Hall–Kier alpha value is -1.09. The van der Waals surface area contributed by atoms with Crippen molar-refractivity contribution in [1.29, 1.82) is 0 Å². The van der Waals surface area contributed by atoms with Crippen LogP contribution in [-0.2, 0) is 5.41 Å². The summed E-state index contributed by atoms with van der Waals surface area (Å²) in [5.41, 5.74) is 2.06. The number of pyridine rings is 1. The fourth-order valence-electron chi connectivity index (χ4n) is 1.68. The molecule has 0 bridgehead atoms. The van der Waals surface area contributed by atoms with Crippen molar-refractivity contribution in [1.82, 2.24) is 14.6 Å². The monoisotopic (exact) mass is 223 g/mol. The van der Waals surface area contributed by atoms with Crippen LogP contribution >= 0.6 is 11.6 Å². The smallest absolute Gasteiger partial charge is 0.165 e. The van der Waals surface area contributed by atoms with E-state index in [1.54, 1.807) is 0 Å². The highest BCUT2D eigenvalue weighted by Gasteiger charge is 2.20. The van der Waals surface area contributed by atoms with E-state index < -0.39 is 0 Å². The van der Waals surface area contributed by atoms with Crippen LogP contribution in [0.25, 0.3) is 5.65 Å². The van der Waals surface area contributed by atoms with Crippen LogP contribution in [0, 0.1) is 6.92 Å². The molecule has 0 aliphatic carbocycles. The van der Waals surface area contributed by atoms with Gasteiger partial charge in [0, 0.05) is 5.56 Å². The van der Waals surface area contributed by atoms with Crippen molar-refractivity contribution >= 4 is 17.2 Å². The Balaban J connectivity index is 2.85. The van der Waals surface area contributed by atoms with Crippen molar-refractivity contribution < 1.29 is 0 Å². The molecule has 0 N–H and O–H groups in total. The summed E-state index contributed by atoms with van der Waals surface area (Å²) in [6.45, 7) is 8.36. The largest absolute Gasteiger partial charge is 0.269 e. The molecule has 2 aromatic heterocycles. The van der Waals surface area contributed by atoms with Gasteiger partial charge < -0.3 is 0 Å². The minimum Gasteiger partial charge on any atom is -0.269 e. The van der Waals surface area contributed by atoms with Gasteiger partial charge in [-0.25, -0.2) is 0 Å². The zero-order valence-corrected chi connectivity index (χ0v) is 10.1. The van der Waals surface area contributed by atoms with Crippen molar-refractivity contribution in [3.05, 3.63) is 28.7 Å². The molecule has 0 unspecified atom stereocenters. The standard InChI is InChI=1S/C11H14ClN3/c1-7-13-14-10-8(11(2,3)4)5-6-9(12)15(7)10/h5-6H,1-4H3. The van der Waals surface area contributed by atoms with Crippen LogP contribution in [0.4, 0.5) is 0 Å². The molecule has 0 spiro atoms. The Morgan fingerprint density at radius 1 is 1.20 bits per heavy atom. The van der Waals surface area contributed by atoms with E-state index in [9.17, 15) is 0 Å². The van der Waals surface area contributed by atoms with Gasteiger partial charge in [-0.3, -0.25) is 4.40 Å². The average Bonchev–Trinajstić information content (AvgIpc) is 2.47. The van der Waals surface area contributed by atoms with Gasteiger partial charge in [0.1, 0.15) is 11.0 Å². The third-order valence-electron chi connectivity index (χ3n) is 2.47. The summed E-state index contributed by atoms with van der Waals surface area (Å²) in [6.07, 6.45) is 0. The molecule has 0 aromatic carbocycles. The molecule has 0 saturated heterocycles. The van der Waals surface area contributed by atoms with Crippen molar-refractivity contribution in [2.75, 3.05) is 0 Å². The molecular weight excluding hydrogens is 210 g/mol. The molecule has 15 heavy (non-hydrogen) atoms. The zero-order chi connectivity index (χ0) is 11.2. The first-order valence-electron chi connectivity index (χ1n) is 4.92. The summed E-state index contributed by atoms with van der Waals surface area (Å²) in [6, 6.07) is 3.91. The summed E-state index contributed by atoms with van der Waals surface area (Å²) in [4.78, 5) is 0. The highest BCUT2D eigenvalue weighted by Crippen LogP contribution is 2.28. The van der Waals surface area contributed by atoms with Gasteiger partial charge in [-0.1, -0.05) is 38.4 Å². The number of hydrogen-bond acceptors (Lipinski definition) is 2. The van der Waals surface area contributed by atoms with Crippen LogP contribution in [0.15, 0.2) is 12.1 Å². The minimum atomic E-state index is 0.0469. The van der Waals surface area contributed by atoms with Crippen molar-refractivity contribution in [3.8, 4) is 0 Å². The predicted molar refractivity (Wildman–Crippen MR) is 61.4 cm³/mol. The molecule has 0 saturated carbocycles. The van der Waals surface area contributed by atoms with Crippen LogP contribution in [0.2, 0.25) is 5.15 Å².